The van der Waals surface area contributed by atoms with Crippen molar-refractivity contribution < 1.29 is 0 Å². The van der Waals surface area contributed by atoms with E-state index in [-0.39, 0.29) is 0 Å². The average molecular weight is 255 g/mol. The van der Waals surface area contributed by atoms with Crippen LogP contribution in [-0.2, 0) is 0 Å². The first-order valence-corrected chi connectivity index (χ1v) is 5.92. The van der Waals surface area contributed by atoms with E-state index in [1.807, 2.05) is 6.20 Å². The van der Waals surface area contributed by atoms with Crippen LogP contribution in [0.1, 0.15) is 36.6 Å². The van der Waals surface area contributed by atoms with Gasteiger partial charge in [0.2, 0.25) is 0 Å². The molecule has 2 nitrogen and oxygen atoms in total. The second kappa shape index (κ2) is 4.41. The molecule has 76 valence electrons. The summed E-state index contributed by atoms with van der Waals surface area (Å²) in [6.45, 7) is 3.26. The van der Waals surface area contributed by atoms with Gasteiger partial charge in [0.25, 0.3) is 0 Å². The summed E-state index contributed by atoms with van der Waals surface area (Å²) in [5.74, 6) is 0. The van der Waals surface area contributed by atoms with Crippen LogP contribution in [0, 0.1) is 6.92 Å². The molecule has 1 aliphatic rings. The number of rotatable bonds is 1. The summed E-state index contributed by atoms with van der Waals surface area (Å²) in [4.78, 5) is 4.49. The fourth-order valence-corrected chi connectivity index (χ4v) is 2.45. The van der Waals surface area contributed by atoms with E-state index in [0.29, 0.717) is 6.04 Å². The van der Waals surface area contributed by atoms with Crippen LogP contribution in [0.2, 0.25) is 0 Å². The molecule has 0 spiro atoms. The molecule has 1 saturated heterocycles. The zero-order valence-electron chi connectivity index (χ0n) is 8.39. The maximum Gasteiger partial charge on any atom is 0.0603 e. The monoisotopic (exact) mass is 254 g/mol. The van der Waals surface area contributed by atoms with Crippen molar-refractivity contribution in [3.63, 3.8) is 0 Å². The van der Waals surface area contributed by atoms with Crippen molar-refractivity contribution in [3.8, 4) is 0 Å². The normalized spacial score (nSPS) is 22.3. The SMILES string of the molecule is Cc1cc(Br)cnc1C1CCCCN1. The summed E-state index contributed by atoms with van der Waals surface area (Å²) in [5.41, 5.74) is 2.49. The number of nitrogens with one attached hydrogen (secondary N) is 1. The molecule has 1 aromatic heterocycles. The third kappa shape index (κ3) is 2.15. The van der Waals surface area contributed by atoms with Crippen LogP contribution in [0.25, 0.3) is 0 Å². The molecule has 1 atom stereocenters. The van der Waals surface area contributed by atoms with Gasteiger partial charge in [-0.2, -0.15) is 0 Å². The quantitative estimate of drug-likeness (QED) is 0.834. The molecular formula is C11H15BrN2. The second-order valence-corrected chi connectivity index (χ2v) is 4.77. The van der Waals surface area contributed by atoms with Crippen LogP contribution in [0.15, 0.2) is 16.7 Å². The summed E-state index contributed by atoms with van der Waals surface area (Å²) in [6.07, 6.45) is 5.72. The van der Waals surface area contributed by atoms with E-state index >= 15 is 0 Å². The van der Waals surface area contributed by atoms with Gasteiger partial charge in [-0.1, -0.05) is 6.42 Å². The van der Waals surface area contributed by atoms with Crippen molar-refractivity contribution in [2.24, 2.45) is 0 Å². The van der Waals surface area contributed by atoms with Crippen molar-refractivity contribution in [2.75, 3.05) is 6.54 Å². The highest BCUT2D eigenvalue weighted by Gasteiger charge is 2.17. The summed E-state index contributed by atoms with van der Waals surface area (Å²) >= 11 is 3.44. The number of aryl methyl sites for hydroxylation is 1. The summed E-state index contributed by atoms with van der Waals surface area (Å²) in [7, 11) is 0. The van der Waals surface area contributed by atoms with Gasteiger partial charge >= 0.3 is 0 Å². The second-order valence-electron chi connectivity index (χ2n) is 3.86. The van der Waals surface area contributed by atoms with Crippen molar-refractivity contribution >= 4 is 15.9 Å². The highest BCUT2D eigenvalue weighted by Crippen LogP contribution is 2.25. The Morgan fingerprint density at radius 3 is 3.00 bits per heavy atom. The van der Waals surface area contributed by atoms with E-state index in [1.54, 1.807) is 0 Å². The minimum absolute atomic E-state index is 0.469. The lowest BCUT2D eigenvalue weighted by Crippen LogP contribution is -2.28. The number of pyridine rings is 1. The molecule has 14 heavy (non-hydrogen) atoms. The summed E-state index contributed by atoms with van der Waals surface area (Å²) in [6, 6.07) is 2.61. The van der Waals surface area contributed by atoms with E-state index < -0.39 is 0 Å². The lowest BCUT2D eigenvalue weighted by molar-refractivity contribution is 0.404. The zero-order valence-corrected chi connectivity index (χ0v) is 9.97. The lowest BCUT2D eigenvalue weighted by atomic mass is 9.99. The third-order valence-corrected chi connectivity index (χ3v) is 3.16. The number of halogens is 1. The predicted molar refractivity (Wildman–Crippen MR) is 61.3 cm³/mol. The van der Waals surface area contributed by atoms with Crippen molar-refractivity contribution in [3.05, 3.63) is 28.0 Å². The first kappa shape index (κ1) is 10.1. The minimum atomic E-state index is 0.469. The van der Waals surface area contributed by atoms with Gasteiger partial charge in [-0.25, -0.2) is 0 Å². The Hall–Kier alpha value is -0.410. The Labute approximate surface area is 93.3 Å². The first-order valence-electron chi connectivity index (χ1n) is 5.13. The maximum absolute atomic E-state index is 4.49. The molecule has 1 aromatic rings. The molecule has 1 N–H and O–H groups in total. The largest absolute Gasteiger partial charge is 0.309 e. The molecule has 0 aliphatic carbocycles. The first-order chi connectivity index (χ1) is 6.77. The molecule has 1 aliphatic heterocycles. The third-order valence-electron chi connectivity index (χ3n) is 2.73. The van der Waals surface area contributed by atoms with Crippen molar-refractivity contribution in [2.45, 2.75) is 32.2 Å². The van der Waals surface area contributed by atoms with E-state index in [4.69, 9.17) is 0 Å². The van der Waals surface area contributed by atoms with E-state index in [0.717, 1.165) is 11.0 Å². The highest BCUT2D eigenvalue weighted by atomic mass is 79.9. The predicted octanol–water partition coefficient (Wildman–Crippen LogP) is 2.97. The molecule has 2 rings (SSSR count). The summed E-state index contributed by atoms with van der Waals surface area (Å²) in [5, 5.41) is 3.52. The molecule has 0 radical (unpaired) electrons. The number of piperidine rings is 1. The number of aromatic nitrogens is 1. The van der Waals surface area contributed by atoms with Gasteiger partial charge in [-0.05, 0) is 53.9 Å². The lowest BCUT2D eigenvalue weighted by Gasteiger charge is -2.24. The zero-order chi connectivity index (χ0) is 9.97. The topological polar surface area (TPSA) is 24.9 Å². The van der Waals surface area contributed by atoms with E-state index in [2.05, 4.69) is 39.2 Å². The fourth-order valence-electron chi connectivity index (χ4n) is 2.00. The highest BCUT2D eigenvalue weighted by molar-refractivity contribution is 9.10. The summed E-state index contributed by atoms with van der Waals surface area (Å²) < 4.78 is 1.06. The number of hydrogen-bond acceptors (Lipinski definition) is 2. The molecule has 3 heteroatoms. The van der Waals surface area contributed by atoms with Crippen LogP contribution in [-0.4, -0.2) is 11.5 Å². The molecule has 0 amide bonds. The smallest absolute Gasteiger partial charge is 0.0603 e. The molecule has 2 heterocycles. The molecule has 0 bridgehead atoms. The van der Waals surface area contributed by atoms with Crippen LogP contribution in [0.4, 0.5) is 0 Å². The van der Waals surface area contributed by atoms with Gasteiger partial charge in [-0.15, -0.1) is 0 Å². The average Bonchev–Trinajstić information content (AvgIpc) is 2.19. The van der Waals surface area contributed by atoms with Gasteiger partial charge < -0.3 is 5.32 Å². The van der Waals surface area contributed by atoms with Crippen molar-refractivity contribution in [1.82, 2.24) is 10.3 Å². The standard InChI is InChI=1S/C11H15BrN2/c1-8-6-9(12)7-14-11(8)10-4-2-3-5-13-10/h6-7,10,13H,2-5H2,1H3. The van der Waals surface area contributed by atoms with E-state index in [9.17, 15) is 0 Å². The van der Waals surface area contributed by atoms with Crippen LogP contribution >= 0.6 is 15.9 Å². The number of hydrogen-bond donors (Lipinski definition) is 1. The molecule has 1 fully saturated rings. The van der Waals surface area contributed by atoms with Gasteiger partial charge in [0.15, 0.2) is 0 Å². The minimum Gasteiger partial charge on any atom is -0.309 e. The molecular weight excluding hydrogens is 240 g/mol. The van der Waals surface area contributed by atoms with Crippen LogP contribution < -0.4 is 5.32 Å². The van der Waals surface area contributed by atoms with Gasteiger partial charge in [-0.3, -0.25) is 4.98 Å². The van der Waals surface area contributed by atoms with Gasteiger partial charge in [0.1, 0.15) is 0 Å². The Balaban J connectivity index is 2.22. The van der Waals surface area contributed by atoms with Gasteiger partial charge in [0, 0.05) is 16.7 Å². The fraction of sp³-hybridized carbons (Fsp3) is 0.545. The van der Waals surface area contributed by atoms with E-state index in [1.165, 1.54) is 30.5 Å². The Morgan fingerprint density at radius 1 is 1.50 bits per heavy atom. The van der Waals surface area contributed by atoms with Crippen molar-refractivity contribution in [1.29, 1.82) is 0 Å². The molecule has 0 saturated carbocycles. The molecule has 1 unspecified atom stereocenters. The number of nitrogens with zero attached hydrogens (tertiary/aromatic N) is 1. The Kier molecular flexibility index (Phi) is 3.19. The van der Waals surface area contributed by atoms with Gasteiger partial charge in [0.05, 0.1) is 5.69 Å². The van der Waals surface area contributed by atoms with Crippen LogP contribution in [0.5, 0.6) is 0 Å². The Morgan fingerprint density at radius 2 is 2.36 bits per heavy atom. The Bertz CT molecular complexity index is 319. The molecule has 0 aromatic carbocycles. The van der Waals surface area contributed by atoms with Crippen LogP contribution in [0.3, 0.4) is 0 Å². The maximum atomic E-state index is 4.49.